The summed E-state index contributed by atoms with van der Waals surface area (Å²) in [5.41, 5.74) is -0.581. The van der Waals surface area contributed by atoms with Crippen LogP contribution in [0.3, 0.4) is 0 Å². The molecule has 26 heavy (non-hydrogen) atoms. The van der Waals surface area contributed by atoms with Gasteiger partial charge in [-0.15, -0.1) is 0 Å². The minimum Gasteiger partial charge on any atom is -0.454 e. The first kappa shape index (κ1) is 22.1. The number of rotatable bonds is 4. The van der Waals surface area contributed by atoms with Crippen LogP contribution in [0, 0.1) is 0 Å². The monoisotopic (exact) mass is 400 g/mol. The molecule has 0 radical (unpaired) electrons. The van der Waals surface area contributed by atoms with Gasteiger partial charge in [-0.3, -0.25) is 4.79 Å². The van der Waals surface area contributed by atoms with Crippen LogP contribution in [-0.4, -0.2) is 40.4 Å². The van der Waals surface area contributed by atoms with E-state index in [9.17, 15) is 4.79 Å². The Balaban J connectivity index is 2.30. The molecule has 1 spiro atoms. The second kappa shape index (κ2) is 6.71. The van der Waals surface area contributed by atoms with E-state index in [0.717, 1.165) is 19.3 Å². The highest BCUT2D eigenvalue weighted by molar-refractivity contribution is 6.74. The van der Waals surface area contributed by atoms with Crippen LogP contribution >= 0.6 is 0 Å². The summed E-state index contributed by atoms with van der Waals surface area (Å²) in [5, 5.41) is 0.239. The molecule has 1 saturated heterocycles. The molecule has 0 aromatic carbocycles. The van der Waals surface area contributed by atoms with Crippen molar-refractivity contribution in [1.29, 1.82) is 0 Å². The Morgan fingerprint density at radius 1 is 0.923 bits per heavy atom. The summed E-state index contributed by atoms with van der Waals surface area (Å²) in [6.07, 6.45) is 3.00. The number of hydrogen-bond donors (Lipinski definition) is 0. The van der Waals surface area contributed by atoms with Crippen molar-refractivity contribution < 1.29 is 18.4 Å². The molecule has 3 atom stereocenters. The number of esters is 1. The normalized spacial score (nSPS) is 30.9. The molecule has 0 bridgehead atoms. The predicted octanol–water partition coefficient (Wildman–Crippen LogP) is 5.64. The van der Waals surface area contributed by atoms with Crippen molar-refractivity contribution in [3.8, 4) is 0 Å². The zero-order chi connectivity index (χ0) is 20.2. The van der Waals surface area contributed by atoms with E-state index in [1.807, 2.05) is 0 Å². The van der Waals surface area contributed by atoms with Gasteiger partial charge in [-0.2, -0.15) is 0 Å². The van der Waals surface area contributed by atoms with Crippen LogP contribution in [-0.2, 0) is 18.4 Å². The van der Waals surface area contributed by atoms with E-state index >= 15 is 0 Å². The van der Waals surface area contributed by atoms with E-state index in [0.29, 0.717) is 6.42 Å². The summed E-state index contributed by atoms with van der Waals surface area (Å²) >= 11 is 0. The Morgan fingerprint density at radius 3 is 1.85 bits per heavy atom. The van der Waals surface area contributed by atoms with Crippen molar-refractivity contribution in [3.05, 3.63) is 0 Å². The lowest BCUT2D eigenvalue weighted by atomic mass is 9.93. The predicted molar refractivity (Wildman–Crippen MR) is 111 cm³/mol. The molecular weight excluding hydrogens is 360 g/mol. The van der Waals surface area contributed by atoms with Crippen LogP contribution in [0.25, 0.3) is 0 Å². The molecule has 0 amide bonds. The van der Waals surface area contributed by atoms with Crippen molar-refractivity contribution in [2.24, 2.45) is 0 Å². The fourth-order valence-corrected chi connectivity index (χ4v) is 6.19. The fourth-order valence-electron chi connectivity index (χ4n) is 3.46. The van der Waals surface area contributed by atoms with Crippen molar-refractivity contribution >= 4 is 22.6 Å². The highest BCUT2D eigenvalue weighted by atomic mass is 28.4. The van der Waals surface area contributed by atoms with Gasteiger partial charge in [0.15, 0.2) is 22.2 Å². The number of ether oxygens (including phenoxy) is 1. The zero-order valence-corrected chi connectivity index (χ0v) is 20.6. The lowest BCUT2D eigenvalue weighted by molar-refractivity contribution is -0.159. The molecule has 4 nitrogen and oxygen atoms in total. The Hall–Kier alpha value is -0.176. The van der Waals surface area contributed by atoms with Gasteiger partial charge in [-0.05, 0) is 55.5 Å². The lowest BCUT2D eigenvalue weighted by Crippen LogP contribution is -2.57. The van der Waals surface area contributed by atoms with E-state index in [2.05, 4.69) is 67.7 Å². The number of carbonyl (C=O) groups is 1. The summed E-state index contributed by atoms with van der Waals surface area (Å²) in [4.78, 5) is 12.3. The van der Waals surface area contributed by atoms with Crippen molar-refractivity contribution in [3.63, 3.8) is 0 Å². The van der Waals surface area contributed by atoms with E-state index in [4.69, 9.17) is 13.6 Å². The maximum atomic E-state index is 12.3. The Bertz CT molecular complexity index is 545. The van der Waals surface area contributed by atoms with Crippen LogP contribution < -0.4 is 0 Å². The molecule has 6 heteroatoms. The molecule has 1 heterocycles. The molecule has 2 rings (SSSR count). The largest absolute Gasteiger partial charge is 0.454 e. The molecule has 0 unspecified atom stereocenters. The van der Waals surface area contributed by atoms with Crippen molar-refractivity contribution in [2.75, 3.05) is 0 Å². The molecule has 0 aromatic heterocycles. The molecule has 0 aromatic rings. The Labute approximate surface area is 162 Å². The molecule has 2 aliphatic rings. The average molecular weight is 401 g/mol. The van der Waals surface area contributed by atoms with Gasteiger partial charge in [0, 0.05) is 0 Å². The number of carbonyl (C=O) groups excluding carboxylic acids is 1. The number of hydrogen-bond acceptors (Lipinski definition) is 4. The summed E-state index contributed by atoms with van der Waals surface area (Å²) in [7, 11) is -3.94. The van der Waals surface area contributed by atoms with Gasteiger partial charge in [0.1, 0.15) is 0 Å². The van der Waals surface area contributed by atoms with E-state index < -0.39 is 22.2 Å². The topological polar surface area (TPSA) is 44.8 Å². The summed E-state index contributed by atoms with van der Waals surface area (Å²) in [5.74, 6) is -0.126. The highest BCUT2D eigenvalue weighted by Gasteiger charge is 2.61. The van der Waals surface area contributed by atoms with Gasteiger partial charge in [-0.25, -0.2) is 0 Å². The van der Waals surface area contributed by atoms with Gasteiger partial charge < -0.3 is 13.6 Å². The highest BCUT2D eigenvalue weighted by Crippen LogP contribution is 2.50. The van der Waals surface area contributed by atoms with E-state index in [1.54, 1.807) is 0 Å². The standard InChI is InChI=1S/C20H40O4Si2/c1-18(2,3)25(7,8)23-15-12-11-13-20(15)16(14-17(21)22-20)24-26(9,10)19(4,5)6/h15-16H,11-14H2,1-10H3/t15-,16+,20-/m1/s1. The summed E-state index contributed by atoms with van der Waals surface area (Å²) in [6.45, 7) is 22.5. The summed E-state index contributed by atoms with van der Waals surface area (Å²) < 4.78 is 19.5. The van der Waals surface area contributed by atoms with Crippen LogP contribution in [0.1, 0.15) is 67.2 Å². The first-order valence-corrected chi connectivity index (χ1v) is 15.9. The SMILES string of the molecule is CC(C)(C)[Si](C)(C)O[C@H]1CC(=O)O[C@@]12CCC[C@H]2O[Si](C)(C)C(C)(C)C. The summed E-state index contributed by atoms with van der Waals surface area (Å²) in [6, 6.07) is 0. The third-order valence-corrected chi connectivity index (χ3v) is 16.2. The molecule has 2 fully saturated rings. The fraction of sp³-hybridized carbons (Fsp3) is 0.950. The van der Waals surface area contributed by atoms with Crippen LogP contribution in [0.15, 0.2) is 0 Å². The maximum Gasteiger partial charge on any atom is 0.309 e. The molecule has 1 aliphatic carbocycles. The third kappa shape index (κ3) is 3.98. The van der Waals surface area contributed by atoms with Crippen LogP contribution in [0.5, 0.6) is 0 Å². The first-order chi connectivity index (χ1) is 11.5. The smallest absolute Gasteiger partial charge is 0.309 e. The first-order valence-electron chi connectivity index (χ1n) is 10.1. The quantitative estimate of drug-likeness (QED) is 0.453. The second-order valence-corrected chi connectivity index (χ2v) is 20.8. The molecule has 152 valence electrons. The van der Waals surface area contributed by atoms with Gasteiger partial charge in [0.05, 0.1) is 18.6 Å². The maximum absolute atomic E-state index is 12.3. The van der Waals surface area contributed by atoms with Crippen LogP contribution in [0.2, 0.25) is 36.3 Å². The van der Waals surface area contributed by atoms with Crippen molar-refractivity contribution in [2.45, 2.75) is 121 Å². The van der Waals surface area contributed by atoms with Gasteiger partial charge >= 0.3 is 5.97 Å². The van der Waals surface area contributed by atoms with E-state index in [1.165, 1.54) is 0 Å². The van der Waals surface area contributed by atoms with E-state index in [-0.39, 0.29) is 28.3 Å². The molecule has 1 aliphatic heterocycles. The molecule has 0 N–H and O–H groups in total. The minimum atomic E-state index is -1.99. The third-order valence-electron chi connectivity index (χ3n) is 7.27. The van der Waals surface area contributed by atoms with Gasteiger partial charge in [0.2, 0.25) is 0 Å². The average Bonchev–Trinajstić information content (AvgIpc) is 2.91. The Kier molecular flexibility index (Phi) is 5.71. The van der Waals surface area contributed by atoms with Crippen molar-refractivity contribution in [1.82, 2.24) is 0 Å². The second-order valence-electron chi connectivity index (χ2n) is 11.3. The van der Waals surface area contributed by atoms with Gasteiger partial charge in [0.25, 0.3) is 0 Å². The minimum absolute atomic E-state index is 0.0374. The zero-order valence-electron chi connectivity index (χ0n) is 18.6. The molecule has 1 saturated carbocycles. The lowest BCUT2D eigenvalue weighted by Gasteiger charge is -2.46. The van der Waals surface area contributed by atoms with Crippen LogP contribution in [0.4, 0.5) is 0 Å². The Morgan fingerprint density at radius 2 is 1.38 bits per heavy atom. The van der Waals surface area contributed by atoms with Gasteiger partial charge in [-0.1, -0.05) is 41.5 Å². The molecular formula is C20H40O4Si2.